The first kappa shape index (κ1) is 24.2. The molecule has 0 aliphatic rings. The van der Waals surface area contributed by atoms with Crippen molar-refractivity contribution in [3.8, 4) is 0 Å². The first-order chi connectivity index (χ1) is 16.0. The van der Waals surface area contributed by atoms with Crippen LogP contribution in [0.4, 0.5) is 17.1 Å². The van der Waals surface area contributed by atoms with Crippen molar-refractivity contribution in [2.45, 2.75) is 19.6 Å². The number of nitrogens with zero attached hydrogens (tertiary/aromatic N) is 1. The van der Waals surface area contributed by atoms with E-state index in [1.54, 1.807) is 17.8 Å². The van der Waals surface area contributed by atoms with Gasteiger partial charge >= 0.3 is 0 Å². The number of nitrogens with one attached hydrogen (secondary N) is 1. The maximum Gasteiger partial charge on any atom is 0.285 e. The van der Waals surface area contributed by atoms with Gasteiger partial charge in [0.1, 0.15) is 4.90 Å². The summed E-state index contributed by atoms with van der Waals surface area (Å²) in [6.07, 6.45) is 0. The summed E-state index contributed by atoms with van der Waals surface area (Å²) in [4.78, 5) is 15.2. The van der Waals surface area contributed by atoms with Crippen molar-refractivity contribution in [3.05, 3.63) is 110 Å². The minimum Gasteiger partial charge on any atom is -0.353 e. The van der Waals surface area contributed by atoms with Crippen molar-refractivity contribution in [2.75, 3.05) is 5.32 Å². The highest BCUT2D eigenvalue weighted by atomic mass is 79.9. The average molecular weight is 620 g/mol. The van der Waals surface area contributed by atoms with Gasteiger partial charge in [-0.1, -0.05) is 74.9 Å². The molecule has 0 saturated carbocycles. The summed E-state index contributed by atoms with van der Waals surface area (Å²) < 4.78 is 1.71. The van der Waals surface area contributed by atoms with E-state index in [1.807, 2.05) is 66.7 Å². The molecule has 0 aliphatic carbocycles. The van der Waals surface area contributed by atoms with Crippen LogP contribution in [0.15, 0.2) is 120 Å². The molecule has 0 radical (unpaired) electrons. The molecule has 4 aromatic carbocycles. The smallest absolute Gasteiger partial charge is 0.285 e. The summed E-state index contributed by atoms with van der Waals surface area (Å²) in [5.41, 5.74) is 1.58. The molecule has 0 saturated heterocycles. The van der Waals surface area contributed by atoms with E-state index in [2.05, 4.69) is 49.3 Å². The Balaban J connectivity index is 1.72. The van der Waals surface area contributed by atoms with Crippen LogP contribution in [0.1, 0.15) is 0 Å². The molecule has 0 heterocycles. The largest absolute Gasteiger partial charge is 0.353 e. The highest BCUT2D eigenvalue weighted by Gasteiger charge is 2.22. The van der Waals surface area contributed by atoms with E-state index in [1.165, 1.54) is 27.7 Å². The third-order valence-corrected chi connectivity index (χ3v) is 9.10. The van der Waals surface area contributed by atoms with Gasteiger partial charge in [-0.2, -0.15) is 0 Å². The van der Waals surface area contributed by atoms with E-state index in [0.717, 1.165) is 29.3 Å². The molecule has 0 unspecified atom stereocenters. The van der Waals surface area contributed by atoms with E-state index in [9.17, 15) is 10.1 Å². The Hall–Kier alpha value is -1.91. The molecule has 1 N–H and O–H groups in total. The lowest BCUT2D eigenvalue weighted by molar-refractivity contribution is -0.387. The van der Waals surface area contributed by atoms with Crippen LogP contribution >= 0.6 is 65.2 Å². The maximum absolute atomic E-state index is 11.8. The van der Waals surface area contributed by atoms with E-state index in [-0.39, 0.29) is 10.6 Å². The van der Waals surface area contributed by atoms with Crippen LogP contribution in [0.25, 0.3) is 0 Å². The van der Waals surface area contributed by atoms with E-state index < -0.39 is 0 Å². The van der Waals surface area contributed by atoms with Crippen LogP contribution in [0, 0.1) is 10.1 Å². The first-order valence-corrected chi connectivity index (χ1v) is 14.2. The third-order valence-electron chi connectivity index (χ3n) is 4.42. The van der Waals surface area contributed by atoms with Gasteiger partial charge in [0.25, 0.3) is 5.69 Å². The predicted octanol–water partition coefficient (Wildman–Crippen LogP) is 9.81. The lowest BCUT2D eigenvalue weighted by atomic mass is 10.2. The maximum atomic E-state index is 11.8. The molecule has 9 heteroatoms. The van der Waals surface area contributed by atoms with Crippen LogP contribution < -0.4 is 5.32 Å². The van der Waals surface area contributed by atoms with Crippen LogP contribution in [0.5, 0.6) is 0 Å². The van der Waals surface area contributed by atoms with E-state index in [0.29, 0.717) is 10.6 Å². The molecule has 0 atom stereocenters. The molecular weight excluding hydrogens is 604 g/mol. The zero-order chi connectivity index (χ0) is 23.2. The Bertz CT molecular complexity index is 1280. The number of nitro benzene ring substituents is 1. The van der Waals surface area contributed by atoms with Gasteiger partial charge in [-0.3, -0.25) is 10.1 Å². The Morgan fingerprint density at radius 1 is 0.788 bits per heavy atom. The highest BCUT2D eigenvalue weighted by Crippen LogP contribution is 2.49. The Morgan fingerprint density at radius 2 is 1.45 bits per heavy atom. The summed E-state index contributed by atoms with van der Waals surface area (Å²) in [6, 6.07) is 29.1. The molecule has 0 aliphatic heterocycles. The zero-order valence-corrected chi connectivity index (χ0v) is 22.5. The van der Waals surface area contributed by atoms with Crippen molar-refractivity contribution in [1.82, 2.24) is 0 Å². The molecule has 0 amide bonds. The van der Waals surface area contributed by atoms with Crippen LogP contribution in [0.3, 0.4) is 0 Å². The summed E-state index contributed by atoms with van der Waals surface area (Å²) >= 11 is 8.78. The van der Waals surface area contributed by atoms with Crippen molar-refractivity contribution in [1.29, 1.82) is 0 Å². The fraction of sp³-hybridized carbons (Fsp3) is 0. The second-order valence-corrected chi connectivity index (χ2v) is 11.8. The van der Waals surface area contributed by atoms with E-state index in [4.69, 9.17) is 0 Å². The quantitative estimate of drug-likeness (QED) is 0.120. The fourth-order valence-electron chi connectivity index (χ4n) is 2.89. The van der Waals surface area contributed by atoms with Gasteiger partial charge in [0.2, 0.25) is 0 Å². The van der Waals surface area contributed by atoms with Gasteiger partial charge < -0.3 is 5.32 Å². The first-order valence-electron chi connectivity index (χ1n) is 9.67. The number of halogens is 2. The second kappa shape index (κ2) is 11.5. The van der Waals surface area contributed by atoms with Crippen LogP contribution in [-0.4, -0.2) is 4.92 Å². The average Bonchev–Trinajstić information content (AvgIpc) is 2.82. The minimum absolute atomic E-state index is 0.0588. The highest BCUT2D eigenvalue weighted by molar-refractivity contribution is 9.10. The number of rotatable bonds is 8. The lowest BCUT2D eigenvalue weighted by Crippen LogP contribution is -1.99. The van der Waals surface area contributed by atoms with Gasteiger partial charge in [-0.15, -0.1) is 0 Å². The molecule has 0 bridgehead atoms. The van der Waals surface area contributed by atoms with Gasteiger partial charge in [0, 0.05) is 29.7 Å². The van der Waals surface area contributed by atoms with Crippen molar-refractivity contribution < 1.29 is 4.92 Å². The molecule has 166 valence electrons. The molecular formula is C24H16Br2N2O2S3. The monoisotopic (exact) mass is 618 g/mol. The number of benzene rings is 4. The van der Waals surface area contributed by atoms with Crippen molar-refractivity contribution in [3.63, 3.8) is 0 Å². The number of anilines is 2. The second-order valence-electron chi connectivity index (χ2n) is 6.69. The van der Waals surface area contributed by atoms with E-state index >= 15 is 0 Å². The standard InChI is InChI=1S/C24H16Br2N2O2S3/c25-16-11-13-20(22(15-16)31-17-7-3-1-4-8-17)27-23-19(26)12-14-21(28(29)30)24(23)33-32-18-9-5-2-6-10-18/h1-15,27H. The topological polar surface area (TPSA) is 55.2 Å². The summed E-state index contributed by atoms with van der Waals surface area (Å²) in [5.74, 6) is 0. The van der Waals surface area contributed by atoms with Crippen molar-refractivity contribution in [2.24, 2.45) is 0 Å². The molecule has 0 aromatic heterocycles. The fourth-order valence-corrected chi connectivity index (χ4v) is 7.23. The SMILES string of the molecule is O=[N+]([O-])c1ccc(Br)c(Nc2ccc(Br)cc2Sc2ccccc2)c1SSc1ccccc1. The van der Waals surface area contributed by atoms with Gasteiger partial charge in [0.05, 0.1) is 16.3 Å². The summed E-state index contributed by atoms with van der Waals surface area (Å²) in [5, 5.41) is 15.3. The Kier molecular flexibility index (Phi) is 8.43. The van der Waals surface area contributed by atoms with Crippen molar-refractivity contribution >= 4 is 82.3 Å². The summed E-state index contributed by atoms with van der Waals surface area (Å²) in [6.45, 7) is 0. The molecule has 33 heavy (non-hydrogen) atoms. The summed E-state index contributed by atoms with van der Waals surface area (Å²) in [7, 11) is 2.85. The van der Waals surface area contributed by atoms with Gasteiger partial charge in [-0.05, 0) is 75.3 Å². The number of hydrogen-bond acceptors (Lipinski definition) is 6. The van der Waals surface area contributed by atoms with Crippen LogP contribution in [-0.2, 0) is 0 Å². The minimum atomic E-state index is -0.341. The van der Waals surface area contributed by atoms with Crippen LogP contribution in [0.2, 0.25) is 0 Å². The van der Waals surface area contributed by atoms with Gasteiger partial charge in [0.15, 0.2) is 0 Å². The normalized spacial score (nSPS) is 10.7. The molecule has 4 rings (SSSR count). The predicted molar refractivity (Wildman–Crippen MR) is 147 cm³/mol. The molecule has 4 nitrogen and oxygen atoms in total. The molecule has 4 aromatic rings. The molecule has 0 fully saturated rings. The Labute approximate surface area is 220 Å². The Morgan fingerprint density at radius 3 is 2.12 bits per heavy atom. The lowest BCUT2D eigenvalue weighted by Gasteiger charge is -2.17. The third kappa shape index (κ3) is 6.36. The van der Waals surface area contributed by atoms with Gasteiger partial charge in [-0.25, -0.2) is 0 Å². The molecule has 0 spiro atoms. The number of hydrogen-bond donors (Lipinski definition) is 1. The number of nitro groups is 1. The zero-order valence-electron chi connectivity index (χ0n) is 16.9.